The van der Waals surface area contributed by atoms with E-state index in [0.29, 0.717) is 10.7 Å². The molecule has 0 aliphatic carbocycles. The molecule has 4 nitrogen and oxygen atoms in total. The Hall–Kier alpha value is -0.420. The average Bonchev–Trinajstić information content (AvgIpc) is 2.53. The van der Waals surface area contributed by atoms with Gasteiger partial charge in [0.15, 0.2) is 0 Å². The van der Waals surface area contributed by atoms with Crippen LogP contribution in [0, 0.1) is 0 Å². The maximum atomic E-state index is 5.55. The standard InChI is InChI=1S/C8H11BrN2O2/c9-8-11-10-7(13-8)5-6-3-1-2-4-12-6/h6H,1-5H2. The first-order valence-corrected chi connectivity index (χ1v) is 5.23. The van der Waals surface area contributed by atoms with Gasteiger partial charge in [0.1, 0.15) is 0 Å². The Morgan fingerprint density at radius 3 is 2.92 bits per heavy atom. The van der Waals surface area contributed by atoms with Crippen LogP contribution in [-0.2, 0) is 11.2 Å². The zero-order valence-corrected chi connectivity index (χ0v) is 8.79. The number of nitrogens with zero attached hydrogens (tertiary/aromatic N) is 2. The molecule has 0 bridgehead atoms. The van der Waals surface area contributed by atoms with Crippen molar-refractivity contribution in [2.45, 2.75) is 31.8 Å². The minimum atomic E-state index is 0.265. The summed E-state index contributed by atoms with van der Waals surface area (Å²) in [6.45, 7) is 0.861. The summed E-state index contributed by atoms with van der Waals surface area (Å²) < 4.78 is 10.7. The molecule has 0 amide bonds. The van der Waals surface area contributed by atoms with Gasteiger partial charge in [-0.2, -0.15) is 0 Å². The molecule has 1 saturated heterocycles. The van der Waals surface area contributed by atoms with Gasteiger partial charge in [-0.25, -0.2) is 0 Å². The van der Waals surface area contributed by atoms with Gasteiger partial charge in [0.05, 0.1) is 12.5 Å². The van der Waals surface area contributed by atoms with E-state index >= 15 is 0 Å². The first-order valence-electron chi connectivity index (χ1n) is 4.44. The van der Waals surface area contributed by atoms with Crippen molar-refractivity contribution in [3.8, 4) is 0 Å². The number of hydrogen-bond donors (Lipinski definition) is 0. The van der Waals surface area contributed by atoms with Crippen LogP contribution in [0.25, 0.3) is 0 Å². The highest BCUT2D eigenvalue weighted by molar-refractivity contribution is 9.10. The highest BCUT2D eigenvalue weighted by Gasteiger charge is 2.17. The summed E-state index contributed by atoms with van der Waals surface area (Å²) in [5.41, 5.74) is 0. The van der Waals surface area contributed by atoms with E-state index in [9.17, 15) is 0 Å². The predicted molar refractivity (Wildman–Crippen MR) is 49.3 cm³/mol. The van der Waals surface area contributed by atoms with Crippen molar-refractivity contribution >= 4 is 15.9 Å². The molecule has 1 aromatic heterocycles. The molecule has 0 saturated carbocycles. The zero-order chi connectivity index (χ0) is 9.10. The van der Waals surface area contributed by atoms with E-state index in [0.717, 1.165) is 19.4 Å². The Kier molecular flexibility index (Phi) is 2.95. The predicted octanol–water partition coefficient (Wildman–Crippen LogP) is 1.94. The Morgan fingerprint density at radius 2 is 2.31 bits per heavy atom. The van der Waals surface area contributed by atoms with Crippen LogP contribution in [0.1, 0.15) is 25.2 Å². The van der Waals surface area contributed by atoms with Crippen molar-refractivity contribution in [2.24, 2.45) is 0 Å². The SMILES string of the molecule is Brc1nnc(CC2CCCCO2)o1. The molecule has 0 spiro atoms. The fraction of sp³-hybridized carbons (Fsp3) is 0.750. The first kappa shape index (κ1) is 9.15. The number of hydrogen-bond acceptors (Lipinski definition) is 4. The van der Waals surface area contributed by atoms with Gasteiger partial charge in [-0.15, -0.1) is 10.2 Å². The molecule has 1 atom stereocenters. The molecule has 0 N–H and O–H groups in total. The topological polar surface area (TPSA) is 48.2 Å². The van der Waals surface area contributed by atoms with E-state index in [4.69, 9.17) is 9.15 Å². The van der Waals surface area contributed by atoms with Crippen molar-refractivity contribution in [1.82, 2.24) is 10.2 Å². The molecule has 2 heterocycles. The maximum Gasteiger partial charge on any atom is 0.284 e. The van der Waals surface area contributed by atoms with Gasteiger partial charge in [0.25, 0.3) is 4.80 Å². The second-order valence-corrected chi connectivity index (χ2v) is 3.82. The summed E-state index contributed by atoms with van der Waals surface area (Å²) >= 11 is 3.12. The van der Waals surface area contributed by atoms with Crippen molar-refractivity contribution in [3.05, 3.63) is 10.7 Å². The van der Waals surface area contributed by atoms with E-state index in [1.165, 1.54) is 12.8 Å². The summed E-state index contributed by atoms with van der Waals surface area (Å²) in [7, 11) is 0. The summed E-state index contributed by atoms with van der Waals surface area (Å²) in [6.07, 6.45) is 4.50. The van der Waals surface area contributed by atoms with E-state index in [1.54, 1.807) is 0 Å². The minimum Gasteiger partial charge on any atom is -0.416 e. The van der Waals surface area contributed by atoms with Gasteiger partial charge in [0.2, 0.25) is 5.89 Å². The van der Waals surface area contributed by atoms with Crippen LogP contribution in [0.3, 0.4) is 0 Å². The first-order chi connectivity index (χ1) is 6.34. The lowest BCUT2D eigenvalue weighted by Gasteiger charge is -2.20. The Balaban J connectivity index is 1.89. The van der Waals surface area contributed by atoms with Gasteiger partial charge >= 0.3 is 0 Å². The zero-order valence-electron chi connectivity index (χ0n) is 7.20. The molecule has 1 aliphatic heterocycles. The molecule has 0 radical (unpaired) electrons. The third-order valence-corrected chi connectivity index (χ3v) is 2.44. The monoisotopic (exact) mass is 246 g/mol. The minimum absolute atomic E-state index is 0.265. The molecular formula is C8H11BrN2O2. The van der Waals surface area contributed by atoms with Crippen molar-refractivity contribution < 1.29 is 9.15 Å². The van der Waals surface area contributed by atoms with Crippen LogP contribution in [0.15, 0.2) is 9.22 Å². The molecule has 2 rings (SSSR count). The second-order valence-electron chi connectivity index (χ2n) is 3.14. The maximum absolute atomic E-state index is 5.55. The molecular weight excluding hydrogens is 236 g/mol. The normalized spacial score (nSPS) is 23.3. The van der Waals surface area contributed by atoms with Crippen molar-refractivity contribution in [3.63, 3.8) is 0 Å². The molecule has 1 aromatic rings. The van der Waals surface area contributed by atoms with E-state index in [1.807, 2.05) is 0 Å². The summed E-state index contributed by atoms with van der Waals surface area (Å²) in [5, 5.41) is 7.59. The van der Waals surface area contributed by atoms with Gasteiger partial charge in [-0.05, 0) is 19.3 Å². The Morgan fingerprint density at radius 1 is 1.38 bits per heavy atom. The van der Waals surface area contributed by atoms with Gasteiger partial charge < -0.3 is 9.15 Å². The fourth-order valence-corrected chi connectivity index (χ4v) is 1.74. The molecule has 1 unspecified atom stereocenters. The molecule has 5 heteroatoms. The summed E-state index contributed by atoms with van der Waals surface area (Å²) in [4.78, 5) is 0.443. The third kappa shape index (κ3) is 2.51. The third-order valence-electron chi connectivity index (χ3n) is 2.12. The second kappa shape index (κ2) is 4.19. The quantitative estimate of drug-likeness (QED) is 0.801. The van der Waals surface area contributed by atoms with Crippen LogP contribution < -0.4 is 0 Å². The van der Waals surface area contributed by atoms with Gasteiger partial charge in [0, 0.05) is 22.5 Å². The van der Waals surface area contributed by atoms with E-state index < -0.39 is 0 Å². The van der Waals surface area contributed by atoms with Gasteiger partial charge in [-0.1, -0.05) is 0 Å². The number of aromatic nitrogens is 2. The molecule has 72 valence electrons. The van der Waals surface area contributed by atoms with Crippen LogP contribution >= 0.6 is 15.9 Å². The van der Waals surface area contributed by atoms with Crippen LogP contribution in [-0.4, -0.2) is 22.9 Å². The smallest absolute Gasteiger partial charge is 0.284 e. The Labute approximate surface area is 84.8 Å². The largest absolute Gasteiger partial charge is 0.416 e. The van der Waals surface area contributed by atoms with Crippen LogP contribution in [0.5, 0.6) is 0 Å². The van der Waals surface area contributed by atoms with E-state index in [2.05, 4.69) is 26.1 Å². The van der Waals surface area contributed by atoms with Crippen LogP contribution in [0.2, 0.25) is 0 Å². The molecule has 0 aromatic carbocycles. The summed E-state index contributed by atoms with van der Waals surface area (Å²) in [6, 6.07) is 0. The molecule has 1 aliphatic rings. The highest BCUT2D eigenvalue weighted by Crippen LogP contribution is 2.17. The fourth-order valence-electron chi connectivity index (χ4n) is 1.48. The molecule has 13 heavy (non-hydrogen) atoms. The van der Waals surface area contributed by atoms with Gasteiger partial charge in [-0.3, -0.25) is 0 Å². The molecule has 1 fully saturated rings. The van der Waals surface area contributed by atoms with Crippen LogP contribution in [0.4, 0.5) is 0 Å². The van der Waals surface area contributed by atoms with Crippen molar-refractivity contribution in [2.75, 3.05) is 6.61 Å². The lowest BCUT2D eigenvalue weighted by Crippen LogP contribution is -2.21. The lowest BCUT2D eigenvalue weighted by molar-refractivity contribution is 0.0131. The number of rotatable bonds is 2. The number of ether oxygens (including phenoxy) is 1. The van der Waals surface area contributed by atoms with E-state index in [-0.39, 0.29) is 6.10 Å². The summed E-state index contributed by atoms with van der Waals surface area (Å²) in [5.74, 6) is 0.652. The number of halogens is 1. The Bertz CT molecular complexity index is 271. The van der Waals surface area contributed by atoms with Crippen molar-refractivity contribution in [1.29, 1.82) is 0 Å². The average molecular weight is 247 g/mol. The highest BCUT2D eigenvalue weighted by atomic mass is 79.9. The lowest BCUT2D eigenvalue weighted by atomic mass is 10.1.